The first kappa shape index (κ1) is 15.7. The minimum atomic E-state index is 0.140. The van der Waals surface area contributed by atoms with Gasteiger partial charge in [0.25, 0.3) is 0 Å². The molecule has 2 atom stereocenters. The van der Waals surface area contributed by atoms with Crippen molar-refractivity contribution >= 4 is 5.91 Å². The number of amides is 1. The van der Waals surface area contributed by atoms with Crippen LogP contribution in [0.4, 0.5) is 0 Å². The van der Waals surface area contributed by atoms with E-state index < -0.39 is 0 Å². The molecule has 0 heterocycles. The summed E-state index contributed by atoms with van der Waals surface area (Å²) in [5.74, 6) is 1.65. The molecule has 116 valence electrons. The van der Waals surface area contributed by atoms with Gasteiger partial charge in [0.15, 0.2) is 11.5 Å². The quantitative estimate of drug-likeness (QED) is 0.877. The van der Waals surface area contributed by atoms with Crippen molar-refractivity contribution in [3.05, 3.63) is 23.8 Å². The maximum Gasteiger partial charge on any atom is 0.223 e. The average Bonchev–Trinajstić information content (AvgIpc) is 2.48. The highest BCUT2D eigenvalue weighted by Crippen LogP contribution is 2.29. The minimum Gasteiger partial charge on any atom is -0.504 e. The molecule has 21 heavy (non-hydrogen) atoms. The molecule has 1 amide bonds. The molecule has 1 aromatic rings. The zero-order chi connectivity index (χ0) is 15.2. The fourth-order valence-electron chi connectivity index (χ4n) is 3.02. The van der Waals surface area contributed by atoms with E-state index in [-0.39, 0.29) is 17.6 Å². The summed E-state index contributed by atoms with van der Waals surface area (Å²) in [6.45, 7) is 2.85. The van der Waals surface area contributed by atoms with Crippen LogP contribution in [-0.2, 0) is 11.2 Å². The van der Waals surface area contributed by atoms with Crippen LogP contribution in [0.2, 0.25) is 0 Å². The fourth-order valence-corrected chi connectivity index (χ4v) is 3.02. The molecule has 0 aliphatic heterocycles. The zero-order valence-electron chi connectivity index (χ0n) is 12.9. The number of phenols is 1. The summed E-state index contributed by atoms with van der Waals surface area (Å²) in [5, 5.41) is 12.6. The van der Waals surface area contributed by atoms with Gasteiger partial charge in [0.1, 0.15) is 0 Å². The molecule has 0 unspecified atom stereocenters. The summed E-state index contributed by atoms with van der Waals surface area (Å²) in [4.78, 5) is 12.1. The van der Waals surface area contributed by atoms with E-state index in [2.05, 4.69) is 12.2 Å². The molecule has 0 bridgehead atoms. The number of carbonyl (C=O) groups is 1. The second-order valence-corrected chi connectivity index (χ2v) is 6.02. The smallest absolute Gasteiger partial charge is 0.223 e. The van der Waals surface area contributed by atoms with E-state index >= 15 is 0 Å². The Hall–Kier alpha value is -1.71. The van der Waals surface area contributed by atoms with Crippen LogP contribution < -0.4 is 10.1 Å². The van der Waals surface area contributed by atoms with Crippen LogP contribution in [0.3, 0.4) is 0 Å². The predicted molar refractivity (Wildman–Crippen MR) is 82.5 cm³/mol. The van der Waals surface area contributed by atoms with Gasteiger partial charge in [-0.15, -0.1) is 0 Å². The third-order valence-corrected chi connectivity index (χ3v) is 4.26. The van der Waals surface area contributed by atoms with Crippen LogP contribution in [-0.4, -0.2) is 24.7 Å². The van der Waals surface area contributed by atoms with Gasteiger partial charge in [-0.3, -0.25) is 4.79 Å². The van der Waals surface area contributed by atoms with E-state index in [0.29, 0.717) is 18.2 Å². The van der Waals surface area contributed by atoms with Gasteiger partial charge in [0, 0.05) is 12.5 Å². The molecule has 0 aromatic heterocycles. The molecule has 2 rings (SSSR count). The molecule has 4 heteroatoms. The molecule has 0 saturated heterocycles. The lowest BCUT2D eigenvalue weighted by atomic mass is 9.82. The third-order valence-electron chi connectivity index (χ3n) is 4.26. The highest BCUT2D eigenvalue weighted by molar-refractivity contribution is 5.78. The third kappa shape index (κ3) is 4.38. The summed E-state index contributed by atoms with van der Waals surface area (Å²) in [6.07, 6.45) is 5.18. The fraction of sp³-hybridized carbons (Fsp3) is 0.588. The molecule has 1 aromatic carbocycles. The molecule has 1 aliphatic rings. The van der Waals surface area contributed by atoms with Gasteiger partial charge in [-0.1, -0.05) is 25.8 Å². The number of phenolic OH excluding ortho intramolecular Hbond substituents is 1. The largest absolute Gasteiger partial charge is 0.504 e. The van der Waals surface area contributed by atoms with E-state index in [9.17, 15) is 9.90 Å². The van der Waals surface area contributed by atoms with Crippen LogP contribution in [0, 0.1) is 11.8 Å². The maximum atomic E-state index is 12.1. The normalized spacial score (nSPS) is 21.8. The topological polar surface area (TPSA) is 58.6 Å². The number of nitrogens with one attached hydrogen (secondary N) is 1. The Labute approximate surface area is 126 Å². The van der Waals surface area contributed by atoms with Gasteiger partial charge in [0.05, 0.1) is 7.11 Å². The van der Waals surface area contributed by atoms with Crippen molar-refractivity contribution < 1.29 is 14.6 Å². The lowest BCUT2D eigenvalue weighted by molar-refractivity contribution is -0.126. The molecule has 1 fully saturated rings. The Kier molecular flexibility index (Phi) is 5.48. The monoisotopic (exact) mass is 291 g/mol. The molecule has 4 nitrogen and oxygen atoms in total. The Morgan fingerprint density at radius 3 is 2.95 bits per heavy atom. The number of hydrogen-bond donors (Lipinski definition) is 2. The summed E-state index contributed by atoms with van der Waals surface area (Å²) >= 11 is 0. The number of rotatable bonds is 5. The Morgan fingerprint density at radius 1 is 1.43 bits per heavy atom. The Balaban J connectivity index is 1.79. The van der Waals surface area contributed by atoms with Crippen molar-refractivity contribution in [2.24, 2.45) is 11.8 Å². The number of benzene rings is 1. The molecule has 1 aliphatic carbocycles. The van der Waals surface area contributed by atoms with E-state index in [1.165, 1.54) is 13.5 Å². The summed E-state index contributed by atoms with van der Waals surface area (Å²) in [7, 11) is 1.53. The van der Waals surface area contributed by atoms with Crippen molar-refractivity contribution in [1.29, 1.82) is 0 Å². The Morgan fingerprint density at radius 2 is 2.24 bits per heavy atom. The van der Waals surface area contributed by atoms with Crippen molar-refractivity contribution in [3.8, 4) is 11.5 Å². The molecule has 0 radical (unpaired) electrons. The van der Waals surface area contributed by atoms with Gasteiger partial charge >= 0.3 is 0 Å². The number of aromatic hydroxyl groups is 1. The highest BCUT2D eigenvalue weighted by Gasteiger charge is 2.24. The van der Waals surface area contributed by atoms with Gasteiger partial charge in [-0.25, -0.2) is 0 Å². The highest BCUT2D eigenvalue weighted by atomic mass is 16.5. The number of hydrogen-bond acceptors (Lipinski definition) is 3. The molecule has 2 N–H and O–H groups in total. The Bertz CT molecular complexity index is 487. The minimum absolute atomic E-state index is 0.140. The van der Waals surface area contributed by atoms with Crippen molar-refractivity contribution in [2.45, 2.75) is 39.0 Å². The van der Waals surface area contributed by atoms with Gasteiger partial charge in [-0.05, 0) is 42.9 Å². The standard InChI is InChI=1S/C17H25NO3/c1-12-4-3-5-14(10-12)17(20)18-9-8-13-6-7-15(19)16(11-13)21-2/h6-7,11-12,14,19H,3-5,8-10H2,1-2H3,(H,18,20)/t12-,14+/m1/s1. The van der Waals surface area contributed by atoms with Gasteiger partial charge < -0.3 is 15.2 Å². The molecular weight excluding hydrogens is 266 g/mol. The van der Waals surface area contributed by atoms with Crippen LogP contribution in [0.5, 0.6) is 11.5 Å². The van der Waals surface area contributed by atoms with E-state index in [1.807, 2.05) is 12.1 Å². The van der Waals surface area contributed by atoms with Crippen LogP contribution in [0.25, 0.3) is 0 Å². The van der Waals surface area contributed by atoms with Gasteiger partial charge in [-0.2, -0.15) is 0 Å². The average molecular weight is 291 g/mol. The first-order valence-corrected chi connectivity index (χ1v) is 7.73. The lowest BCUT2D eigenvalue weighted by Gasteiger charge is -2.25. The molecule has 0 spiro atoms. The van der Waals surface area contributed by atoms with Gasteiger partial charge in [0.2, 0.25) is 5.91 Å². The number of methoxy groups -OCH3 is 1. The summed E-state index contributed by atoms with van der Waals surface area (Å²) in [5.41, 5.74) is 1.04. The lowest BCUT2D eigenvalue weighted by Crippen LogP contribution is -2.34. The van der Waals surface area contributed by atoms with Crippen LogP contribution in [0.1, 0.15) is 38.2 Å². The molecule has 1 saturated carbocycles. The van der Waals surface area contributed by atoms with Crippen LogP contribution >= 0.6 is 0 Å². The van der Waals surface area contributed by atoms with E-state index in [4.69, 9.17) is 4.74 Å². The van der Waals surface area contributed by atoms with Crippen molar-refractivity contribution in [3.63, 3.8) is 0 Å². The molecular formula is C17H25NO3. The summed E-state index contributed by atoms with van der Waals surface area (Å²) < 4.78 is 5.08. The number of carbonyl (C=O) groups excluding carboxylic acids is 1. The summed E-state index contributed by atoms with van der Waals surface area (Å²) in [6, 6.07) is 5.29. The van der Waals surface area contributed by atoms with Crippen molar-refractivity contribution in [2.75, 3.05) is 13.7 Å². The van der Waals surface area contributed by atoms with Crippen LogP contribution in [0.15, 0.2) is 18.2 Å². The van der Waals surface area contributed by atoms with E-state index in [1.54, 1.807) is 6.07 Å². The zero-order valence-corrected chi connectivity index (χ0v) is 12.9. The van der Waals surface area contributed by atoms with E-state index in [0.717, 1.165) is 31.2 Å². The van der Waals surface area contributed by atoms with Crippen molar-refractivity contribution in [1.82, 2.24) is 5.32 Å². The number of ether oxygens (including phenoxy) is 1. The maximum absolute atomic E-state index is 12.1. The second-order valence-electron chi connectivity index (χ2n) is 6.02. The first-order chi connectivity index (χ1) is 10.1. The second kappa shape index (κ2) is 7.34. The predicted octanol–water partition coefficient (Wildman–Crippen LogP) is 2.89. The first-order valence-electron chi connectivity index (χ1n) is 7.73. The SMILES string of the molecule is COc1cc(CCNC(=O)[C@H]2CCC[C@@H](C)C2)ccc1O.